The van der Waals surface area contributed by atoms with E-state index in [-0.39, 0.29) is 0 Å². The Morgan fingerprint density at radius 1 is 1.47 bits per heavy atom. The molecule has 6 heteroatoms. The van der Waals surface area contributed by atoms with Crippen LogP contribution in [0.2, 0.25) is 5.15 Å². The van der Waals surface area contributed by atoms with Crippen molar-refractivity contribution < 1.29 is 4.74 Å². The van der Waals surface area contributed by atoms with Gasteiger partial charge in [0.2, 0.25) is 0 Å². The van der Waals surface area contributed by atoms with Crippen LogP contribution in [0.4, 0.5) is 5.82 Å². The highest BCUT2D eigenvalue weighted by Crippen LogP contribution is 2.29. The Morgan fingerprint density at radius 3 is 2.94 bits per heavy atom. The van der Waals surface area contributed by atoms with Crippen molar-refractivity contribution >= 4 is 28.8 Å². The van der Waals surface area contributed by atoms with Gasteiger partial charge in [0.15, 0.2) is 16.7 Å². The van der Waals surface area contributed by atoms with E-state index < -0.39 is 0 Å². The van der Waals surface area contributed by atoms with Gasteiger partial charge in [0.05, 0.1) is 13.7 Å². The number of methoxy groups -OCH3 is 1. The van der Waals surface area contributed by atoms with Gasteiger partial charge in [-0.15, -0.1) is 11.3 Å². The molecule has 2 aromatic rings. The lowest BCUT2D eigenvalue weighted by atomic mass is 10.3. The fraction of sp³-hybridized carbons (Fsp3) is 0.273. The first-order valence-corrected chi connectivity index (χ1v) is 6.29. The maximum Gasteiger partial charge on any atom is 0.198 e. The molecule has 0 saturated heterocycles. The minimum absolute atomic E-state index is 0.313. The van der Waals surface area contributed by atoms with Crippen molar-refractivity contribution in [1.82, 2.24) is 9.97 Å². The Bertz CT molecular complexity index is 515. The van der Waals surface area contributed by atoms with Crippen molar-refractivity contribution in [2.75, 3.05) is 12.4 Å². The van der Waals surface area contributed by atoms with E-state index in [1.165, 1.54) is 16.8 Å². The summed E-state index contributed by atoms with van der Waals surface area (Å²) in [6.07, 6.45) is 1.41. The van der Waals surface area contributed by atoms with Gasteiger partial charge in [-0.2, -0.15) is 0 Å². The second kappa shape index (κ2) is 5.33. The molecule has 0 aliphatic heterocycles. The molecule has 0 radical (unpaired) electrons. The molecule has 0 atom stereocenters. The zero-order valence-electron chi connectivity index (χ0n) is 9.53. The minimum Gasteiger partial charge on any atom is -0.490 e. The van der Waals surface area contributed by atoms with Gasteiger partial charge < -0.3 is 10.1 Å². The number of ether oxygens (including phenoxy) is 1. The number of nitrogens with zero attached hydrogens (tertiary/aromatic N) is 2. The number of hydrogen-bond acceptors (Lipinski definition) is 5. The van der Waals surface area contributed by atoms with E-state index in [4.69, 9.17) is 16.3 Å². The normalized spacial score (nSPS) is 10.3. The van der Waals surface area contributed by atoms with E-state index in [1.807, 2.05) is 0 Å². The molecule has 2 heterocycles. The highest BCUT2D eigenvalue weighted by atomic mass is 35.5. The van der Waals surface area contributed by atoms with Gasteiger partial charge in [0, 0.05) is 4.88 Å². The number of thiophene rings is 1. The SMILES string of the molecule is COc1c(Cl)ncnc1NCc1sccc1C. The fourth-order valence-corrected chi connectivity index (χ4v) is 2.46. The van der Waals surface area contributed by atoms with Crippen LogP contribution in [0.15, 0.2) is 17.8 Å². The predicted molar refractivity (Wildman–Crippen MR) is 70.0 cm³/mol. The van der Waals surface area contributed by atoms with Crippen LogP contribution in [0.1, 0.15) is 10.4 Å². The molecule has 1 N–H and O–H groups in total. The number of aryl methyl sites for hydroxylation is 1. The van der Waals surface area contributed by atoms with Crippen LogP contribution in [-0.4, -0.2) is 17.1 Å². The van der Waals surface area contributed by atoms with E-state index in [9.17, 15) is 0 Å². The van der Waals surface area contributed by atoms with E-state index in [0.29, 0.717) is 23.3 Å². The quantitative estimate of drug-likeness (QED) is 0.867. The average molecular weight is 270 g/mol. The summed E-state index contributed by atoms with van der Waals surface area (Å²) in [7, 11) is 1.55. The third-order valence-corrected chi connectivity index (χ3v) is 3.64. The summed E-state index contributed by atoms with van der Waals surface area (Å²) in [6, 6.07) is 2.09. The van der Waals surface area contributed by atoms with Crippen molar-refractivity contribution in [2.45, 2.75) is 13.5 Å². The highest BCUT2D eigenvalue weighted by molar-refractivity contribution is 7.10. The third kappa shape index (κ3) is 2.68. The molecule has 4 nitrogen and oxygen atoms in total. The number of nitrogens with one attached hydrogen (secondary N) is 1. The van der Waals surface area contributed by atoms with E-state index in [2.05, 4.69) is 33.7 Å². The molecule has 0 aliphatic carbocycles. The maximum absolute atomic E-state index is 5.91. The van der Waals surface area contributed by atoms with Gasteiger partial charge in [-0.25, -0.2) is 9.97 Å². The van der Waals surface area contributed by atoms with Gasteiger partial charge in [-0.3, -0.25) is 0 Å². The Morgan fingerprint density at radius 2 is 2.29 bits per heavy atom. The lowest BCUT2D eigenvalue weighted by molar-refractivity contribution is 0.413. The van der Waals surface area contributed by atoms with Gasteiger partial charge in [-0.1, -0.05) is 11.6 Å². The first-order valence-electron chi connectivity index (χ1n) is 5.03. The Labute approximate surface area is 109 Å². The second-order valence-electron chi connectivity index (χ2n) is 3.43. The number of aromatic nitrogens is 2. The van der Waals surface area contributed by atoms with E-state index in [0.717, 1.165) is 0 Å². The largest absolute Gasteiger partial charge is 0.490 e. The molecule has 2 aromatic heterocycles. The Hall–Kier alpha value is -1.33. The number of anilines is 1. The summed E-state index contributed by atoms with van der Waals surface area (Å²) in [6.45, 7) is 2.78. The second-order valence-corrected chi connectivity index (χ2v) is 4.79. The third-order valence-electron chi connectivity index (χ3n) is 2.35. The lowest BCUT2D eigenvalue weighted by Gasteiger charge is -2.09. The van der Waals surface area contributed by atoms with Gasteiger partial charge in [0.1, 0.15) is 6.33 Å². The predicted octanol–water partition coefficient (Wildman–Crippen LogP) is 3.12. The molecule has 0 aromatic carbocycles. The summed E-state index contributed by atoms with van der Waals surface area (Å²) in [4.78, 5) is 9.24. The van der Waals surface area contributed by atoms with Crippen LogP contribution in [0.3, 0.4) is 0 Å². The molecule has 0 aliphatic rings. The molecule has 2 rings (SSSR count). The molecule has 0 bridgehead atoms. The molecule has 0 saturated carbocycles. The zero-order valence-corrected chi connectivity index (χ0v) is 11.1. The monoisotopic (exact) mass is 269 g/mol. The smallest absolute Gasteiger partial charge is 0.198 e. The number of rotatable bonds is 4. The maximum atomic E-state index is 5.91. The summed E-state index contributed by atoms with van der Waals surface area (Å²) >= 11 is 7.61. The summed E-state index contributed by atoms with van der Waals surface area (Å²) < 4.78 is 5.16. The van der Waals surface area contributed by atoms with E-state index >= 15 is 0 Å². The molecule has 0 fully saturated rings. The van der Waals surface area contributed by atoms with Crippen LogP contribution in [0.25, 0.3) is 0 Å². The number of hydrogen-bond donors (Lipinski definition) is 1. The molecule has 90 valence electrons. The van der Waals surface area contributed by atoms with Crippen molar-refractivity contribution in [2.24, 2.45) is 0 Å². The van der Waals surface area contributed by atoms with Crippen molar-refractivity contribution in [3.8, 4) is 5.75 Å². The van der Waals surface area contributed by atoms with Crippen molar-refractivity contribution in [3.05, 3.63) is 33.4 Å². The Balaban J connectivity index is 2.14. The van der Waals surface area contributed by atoms with Crippen molar-refractivity contribution in [1.29, 1.82) is 0 Å². The number of halogens is 1. The lowest BCUT2D eigenvalue weighted by Crippen LogP contribution is -2.04. The minimum atomic E-state index is 0.313. The van der Waals surface area contributed by atoms with Crippen molar-refractivity contribution in [3.63, 3.8) is 0 Å². The van der Waals surface area contributed by atoms with Gasteiger partial charge in [-0.05, 0) is 23.9 Å². The molecular weight excluding hydrogens is 258 g/mol. The Kier molecular flexibility index (Phi) is 3.81. The van der Waals surface area contributed by atoms with E-state index in [1.54, 1.807) is 18.4 Å². The first-order chi connectivity index (χ1) is 8.22. The summed E-state index contributed by atoms with van der Waals surface area (Å²) in [5.41, 5.74) is 1.27. The topological polar surface area (TPSA) is 47.0 Å². The molecule has 0 unspecified atom stereocenters. The molecule has 0 amide bonds. The van der Waals surface area contributed by atoms with Crippen LogP contribution >= 0.6 is 22.9 Å². The van der Waals surface area contributed by atoms with Crippen LogP contribution < -0.4 is 10.1 Å². The van der Waals surface area contributed by atoms with Gasteiger partial charge in [0.25, 0.3) is 0 Å². The molecule has 17 heavy (non-hydrogen) atoms. The fourth-order valence-electron chi connectivity index (χ4n) is 1.41. The van der Waals surface area contributed by atoms with Crippen LogP contribution in [0.5, 0.6) is 5.75 Å². The van der Waals surface area contributed by atoms with Gasteiger partial charge >= 0.3 is 0 Å². The zero-order chi connectivity index (χ0) is 12.3. The highest BCUT2D eigenvalue weighted by Gasteiger charge is 2.10. The van der Waals surface area contributed by atoms with Crippen LogP contribution in [0, 0.1) is 6.92 Å². The average Bonchev–Trinajstić information content (AvgIpc) is 2.72. The standard InChI is InChI=1S/C11H12ClN3OS/c1-7-3-4-17-8(7)5-13-11-9(16-2)10(12)14-6-15-11/h3-4,6H,5H2,1-2H3,(H,13,14,15). The molecule has 0 spiro atoms. The summed E-state index contributed by atoms with van der Waals surface area (Å²) in [5, 5.41) is 5.58. The van der Waals surface area contributed by atoms with Crippen LogP contribution in [-0.2, 0) is 6.54 Å². The first kappa shape index (κ1) is 12.1. The molecular formula is C11H12ClN3OS. The summed E-state index contributed by atoms with van der Waals surface area (Å²) in [5.74, 6) is 1.09.